The van der Waals surface area contributed by atoms with E-state index in [2.05, 4.69) is 25.0 Å². The van der Waals surface area contributed by atoms with E-state index in [9.17, 15) is 13.6 Å². The van der Waals surface area contributed by atoms with Crippen molar-refractivity contribution in [1.29, 1.82) is 0 Å². The molecule has 8 heteroatoms. The van der Waals surface area contributed by atoms with Crippen LogP contribution in [-0.2, 0) is 5.54 Å². The number of carbonyl (C=O) groups excluding carboxylic acids is 1. The molecule has 0 radical (unpaired) electrons. The van der Waals surface area contributed by atoms with E-state index in [0.717, 1.165) is 12.8 Å². The number of nitrogens with one attached hydrogen (secondary N) is 3. The summed E-state index contributed by atoms with van der Waals surface area (Å²) in [7, 11) is 0. The van der Waals surface area contributed by atoms with Gasteiger partial charge < -0.3 is 20.0 Å². The number of amides is 1. The first-order valence-corrected chi connectivity index (χ1v) is 7.46. The van der Waals surface area contributed by atoms with Crippen LogP contribution >= 0.6 is 0 Å². The van der Waals surface area contributed by atoms with E-state index in [1.807, 2.05) is 0 Å². The van der Waals surface area contributed by atoms with Crippen LogP contribution in [0.5, 0.6) is 5.75 Å². The van der Waals surface area contributed by atoms with Crippen molar-refractivity contribution in [1.82, 2.24) is 20.3 Å². The summed E-state index contributed by atoms with van der Waals surface area (Å²) in [4.78, 5) is 22.7. The molecule has 1 fully saturated rings. The molecule has 4 rings (SSSR count). The average Bonchev–Trinajstić information content (AvgIpc) is 3.00. The molecule has 3 N–H and O–H groups in total. The molecule has 2 aromatic heterocycles. The number of alkyl halides is 2. The third-order valence-electron chi connectivity index (χ3n) is 4.14. The molecule has 1 amide bonds. The van der Waals surface area contributed by atoms with Crippen molar-refractivity contribution in [3.63, 3.8) is 0 Å². The van der Waals surface area contributed by atoms with Gasteiger partial charge in [-0.3, -0.25) is 4.79 Å². The number of hydrogen-bond acceptors (Lipinski definition) is 3. The normalized spacial score (nSPS) is 15.6. The maximum absolute atomic E-state index is 12.5. The summed E-state index contributed by atoms with van der Waals surface area (Å²) in [6, 6.07) is 6.24. The van der Waals surface area contributed by atoms with Crippen LogP contribution in [0.1, 0.15) is 29.2 Å². The van der Waals surface area contributed by atoms with Crippen LogP contribution in [0.4, 0.5) is 8.78 Å². The highest BCUT2D eigenvalue weighted by Gasteiger charge is 2.48. The van der Waals surface area contributed by atoms with Crippen LogP contribution in [0, 0.1) is 0 Å². The summed E-state index contributed by atoms with van der Waals surface area (Å²) < 4.78 is 29.5. The topological polar surface area (TPSA) is 82.8 Å². The zero-order chi connectivity index (χ0) is 16.7. The number of benzene rings is 1. The number of nitrogens with zero attached hydrogens (tertiary/aromatic N) is 1. The minimum absolute atomic E-state index is 0.0324. The quantitative estimate of drug-likeness (QED) is 0.672. The summed E-state index contributed by atoms with van der Waals surface area (Å²) in [6.45, 7) is -2.92. The van der Waals surface area contributed by atoms with Crippen LogP contribution in [0.15, 0.2) is 36.7 Å². The zero-order valence-corrected chi connectivity index (χ0v) is 12.5. The summed E-state index contributed by atoms with van der Waals surface area (Å²) in [5, 5.41) is 3.39. The van der Waals surface area contributed by atoms with E-state index < -0.39 is 12.2 Å². The van der Waals surface area contributed by atoms with Gasteiger partial charge in [0.2, 0.25) is 0 Å². The lowest BCUT2D eigenvalue weighted by Crippen LogP contribution is -2.35. The smallest absolute Gasteiger partial charge is 0.387 e. The number of carbonyl (C=O) groups is 1. The lowest BCUT2D eigenvalue weighted by molar-refractivity contribution is -0.0487. The first-order valence-electron chi connectivity index (χ1n) is 7.46. The van der Waals surface area contributed by atoms with Crippen molar-refractivity contribution in [3.05, 3.63) is 48.2 Å². The molecule has 1 aromatic carbocycles. The van der Waals surface area contributed by atoms with Gasteiger partial charge in [0.25, 0.3) is 5.91 Å². The van der Waals surface area contributed by atoms with Crippen LogP contribution < -0.4 is 10.1 Å². The Kier molecular flexibility index (Phi) is 3.26. The maximum Gasteiger partial charge on any atom is 0.387 e. The number of halogens is 2. The Morgan fingerprint density at radius 3 is 2.88 bits per heavy atom. The van der Waals surface area contributed by atoms with Crippen LogP contribution in [0.3, 0.4) is 0 Å². The largest absolute Gasteiger partial charge is 0.434 e. The third-order valence-corrected chi connectivity index (χ3v) is 4.14. The predicted molar refractivity (Wildman–Crippen MR) is 81.9 cm³/mol. The number of imidazole rings is 1. The molecule has 3 aromatic rings. The van der Waals surface area contributed by atoms with E-state index in [1.54, 1.807) is 24.5 Å². The fourth-order valence-electron chi connectivity index (χ4n) is 2.81. The zero-order valence-electron chi connectivity index (χ0n) is 12.5. The molecule has 1 aliphatic rings. The molecule has 0 unspecified atom stereocenters. The summed E-state index contributed by atoms with van der Waals surface area (Å²) in [6.07, 6.45) is 4.94. The molecule has 124 valence electrons. The maximum atomic E-state index is 12.5. The lowest BCUT2D eigenvalue weighted by Gasteiger charge is -2.14. The second-order valence-corrected chi connectivity index (χ2v) is 5.75. The van der Waals surface area contributed by atoms with E-state index in [1.165, 1.54) is 12.1 Å². The lowest BCUT2D eigenvalue weighted by atomic mass is 10.2. The number of fused-ring (bicyclic) bond motifs is 1. The molecule has 6 nitrogen and oxygen atoms in total. The van der Waals surface area contributed by atoms with E-state index in [-0.39, 0.29) is 17.4 Å². The Labute approximate surface area is 135 Å². The van der Waals surface area contributed by atoms with Gasteiger partial charge in [0.1, 0.15) is 17.3 Å². The van der Waals surface area contributed by atoms with Gasteiger partial charge in [-0.05, 0) is 31.0 Å². The fourth-order valence-corrected chi connectivity index (χ4v) is 2.81. The minimum Gasteiger partial charge on any atom is -0.434 e. The minimum atomic E-state index is -2.92. The summed E-state index contributed by atoms with van der Waals surface area (Å²) in [5.41, 5.74) is 0.370. The van der Waals surface area contributed by atoms with Gasteiger partial charge in [0.05, 0.1) is 5.54 Å². The van der Waals surface area contributed by atoms with Gasteiger partial charge in [0.15, 0.2) is 0 Å². The van der Waals surface area contributed by atoms with Crippen molar-refractivity contribution in [2.45, 2.75) is 25.0 Å². The Morgan fingerprint density at radius 1 is 1.38 bits per heavy atom. The number of hydrogen-bond donors (Lipinski definition) is 3. The summed E-state index contributed by atoms with van der Waals surface area (Å²) >= 11 is 0. The Morgan fingerprint density at radius 2 is 2.21 bits per heavy atom. The second kappa shape index (κ2) is 5.33. The van der Waals surface area contributed by atoms with Crippen LogP contribution in [-0.4, -0.2) is 27.5 Å². The summed E-state index contributed by atoms with van der Waals surface area (Å²) in [5.74, 6) is 0.432. The van der Waals surface area contributed by atoms with Crippen molar-refractivity contribution >= 4 is 16.8 Å². The Bertz CT molecular complexity index is 885. The highest BCUT2D eigenvalue weighted by Crippen LogP contribution is 2.44. The SMILES string of the molecule is O=C(NC1(c2ncc[nH]2)CC1)c1cc2c(OC(F)F)cccc2[nH]1. The number of aromatic amines is 2. The highest BCUT2D eigenvalue weighted by atomic mass is 19.3. The molecule has 0 atom stereocenters. The number of ether oxygens (including phenoxy) is 1. The number of rotatable bonds is 5. The first-order chi connectivity index (χ1) is 11.6. The van der Waals surface area contributed by atoms with Gasteiger partial charge in [-0.25, -0.2) is 4.98 Å². The Hall–Kier alpha value is -2.90. The number of aromatic nitrogens is 3. The van der Waals surface area contributed by atoms with Gasteiger partial charge >= 0.3 is 6.61 Å². The van der Waals surface area contributed by atoms with E-state index in [0.29, 0.717) is 16.7 Å². The highest BCUT2D eigenvalue weighted by molar-refractivity contribution is 6.00. The predicted octanol–water partition coefficient (Wildman–Crippen LogP) is 2.91. The van der Waals surface area contributed by atoms with Gasteiger partial charge in [-0.2, -0.15) is 8.78 Å². The van der Waals surface area contributed by atoms with Gasteiger partial charge in [-0.15, -0.1) is 0 Å². The van der Waals surface area contributed by atoms with Crippen LogP contribution in [0.25, 0.3) is 10.9 Å². The van der Waals surface area contributed by atoms with Crippen molar-refractivity contribution < 1.29 is 18.3 Å². The molecule has 1 aliphatic carbocycles. The molecular formula is C16H14F2N4O2. The van der Waals surface area contributed by atoms with Crippen molar-refractivity contribution in [2.75, 3.05) is 0 Å². The monoisotopic (exact) mass is 332 g/mol. The fraction of sp³-hybridized carbons (Fsp3) is 0.250. The molecular weight excluding hydrogens is 318 g/mol. The van der Waals surface area contributed by atoms with E-state index in [4.69, 9.17) is 0 Å². The molecule has 1 saturated carbocycles. The van der Waals surface area contributed by atoms with Crippen LogP contribution in [0.2, 0.25) is 0 Å². The third kappa shape index (κ3) is 2.49. The molecule has 0 saturated heterocycles. The van der Waals surface area contributed by atoms with Gasteiger partial charge in [-0.1, -0.05) is 6.07 Å². The van der Waals surface area contributed by atoms with Gasteiger partial charge in [0, 0.05) is 23.3 Å². The van der Waals surface area contributed by atoms with Crippen molar-refractivity contribution in [3.8, 4) is 5.75 Å². The first kappa shape index (κ1) is 14.7. The van der Waals surface area contributed by atoms with E-state index >= 15 is 0 Å². The molecule has 0 spiro atoms. The molecule has 2 heterocycles. The molecule has 0 bridgehead atoms. The number of H-pyrrole nitrogens is 2. The van der Waals surface area contributed by atoms with Crippen molar-refractivity contribution in [2.24, 2.45) is 0 Å². The Balaban J connectivity index is 1.61. The average molecular weight is 332 g/mol. The second-order valence-electron chi connectivity index (χ2n) is 5.75. The molecule has 24 heavy (non-hydrogen) atoms. The standard InChI is InChI=1S/C16H14F2N4O2/c17-15(18)24-12-3-1-2-10-9(12)8-11(21-10)13(23)22-16(4-5-16)14-19-6-7-20-14/h1-3,6-8,15,21H,4-5H2,(H,19,20)(H,22,23). The molecule has 0 aliphatic heterocycles.